The van der Waals surface area contributed by atoms with E-state index in [1.807, 2.05) is 0 Å². The molecule has 0 saturated heterocycles. The van der Waals surface area contributed by atoms with Crippen molar-refractivity contribution >= 4 is 33.2 Å². The molecule has 2 aromatic carbocycles. The lowest BCUT2D eigenvalue weighted by molar-refractivity contribution is -0.116. The number of hydrogen-bond donors (Lipinski definition) is 1. The Morgan fingerprint density at radius 2 is 1.72 bits per heavy atom. The minimum absolute atomic E-state index is 0.124. The molecule has 0 heterocycles. The molecule has 0 radical (unpaired) electrons. The van der Waals surface area contributed by atoms with Crippen molar-refractivity contribution in [2.75, 3.05) is 24.7 Å². The minimum Gasteiger partial charge on any atom is -0.325 e. The van der Waals surface area contributed by atoms with Crippen molar-refractivity contribution in [3.05, 3.63) is 64.9 Å². The number of carbonyl (C=O) groups excluding carboxylic acids is 1. The topological polar surface area (TPSA) is 66.5 Å². The van der Waals surface area contributed by atoms with Gasteiger partial charge in [-0.05, 0) is 48.4 Å². The maximum absolute atomic E-state index is 12.9. The summed E-state index contributed by atoms with van der Waals surface area (Å²) in [5.41, 5.74) is 1.31. The minimum atomic E-state index is -3.56. The highest BCUT2D eigenvalue weighted by molar-refractivity contribution is 7.88. The van der Waals surface area contributed by atoms with Gasteiger partial charge in [-0.25, -0.2) is 12.8 Å². The van der Waals surface area contributed by atoms with Crippen molar-refractivity contribution in [3.8, 4) is 0 Å². The third-order valence-corrected chi connectivity index (χ3v) is 4.98. The molecule has 25 heavy (non-hydrogen) atoms. The monoisotopic (exact) mass is 384 g/mol. The van der Waals surface area contributed by atoms with E-state index < -0.39 is 15.9 Å². The molecule has 0 aliphatic carbocycles. The van der Waals surface area contributed by atoms with Crippen LogP contribution in [0.2, 0.25) is 5.02 Å². The Balaban J connectivity index is 1.98. The van der Waals surface area contributed by atoms with Gasteiger partial charge in [0.05, 0.1) is 12.8 Å². The Labute approximate surface area is 151 Å². The summed E-state index contributed by atoms with van der Waals surface area (Å²) in [4.78, 5) is 12.1. The van der Waals surface area contributed by atoms with Crippen LogP contribution >= 0.6 is 11.6 Å². The molecule has 1 amide bonds. The lowest BCUT2D eigenvalue weighted by Crippen LogP contribution is -2.38. The van der Waals surface area contributed by atoms with Crippen molar-refractivity contribution in [2.24, 2.45) is 0 Å². The molecule has 0 bridgehead atoms. The molecule has 0 fully saturated rings. The van der Waals surface area contributed by atoms with E-state index in [1.54, 1.807) is 36.4 Å². The van der Waals surface area contributed by atoms with Gasteiger partial charge in [-0.15, -0.1) is 0 Å². The summed E-state index contributed by atoms with van der Waals surface area (Å²) in [7, 11) is -3.56. The Morgan fingerprint density at radius 1 is 1.12 bits per heavy atom. The van der Waals surface area contributed by atoms with Crippen LogP contribution in [-0.2, 0) is 21.2 Å². The molecule has 2 aromatic rings. The van der Waals surface area contributed by atoms with Crippen LogP contribution in [0.4, 0.5) is 10.1 Å². The second kappa shape index (κ2) is 8.42. The number of nitrogens with one attached hydrogen (secondary N) is 1. The lowest BCUT2D eigenvalue weighted by Gasteiger charge is -2.19. The van der Waals surface area contributed by atoms with E-state index in [4.69, 9.17) is 11.6 Å². The van der Waals surface area contributed by atoms with Gasteiger partial charge < -0.3 is 5.32 Å². The zero-order valence-corrected chi connectivity index (χ0v) is 15.1. The number of sulfonamides is 1. The second-order valence-electron chi connectivity index (χ2n) is 5.53. The number of amides is 1. The van der Waals surface area contributed by atoms with E-state index >= 15 is 0 Å². The molecule has 0 aliphatic rings. The summed E-state index contributed by atoms with van der Waals surface area (Å²) in [5, 5.41) is 3.16. The zero-order valence-electron chi connectivity index (χ0n) is 13.6. The van der Waals surface area contributed by atoms with Gasteiger partial charge in [0.1, 0.15) is 5.82 Å². The van der Waals surface area contributed by atoms with E-state index in [1.165, 1.54) is 12.1 Å². The van der Waals surface area contributed by atoms with Gasteiger partial charge >= 0.3 is 0 Å². The largest absolute Gasteiger partial charge is 0.325 e. The van der Waals surface area contributed by atoms with Crippen LogP contribution < -0.4 is 5.32 Å². The summed E-state index contributed by atoms with van der Waals surface area (Å²) in [6, 6.07) is 12.3. The van der Waals surface area contributed by atoms with Crippen molar-refractivity contribution in [1.82, 2.24) is 4.31 Å². The summed E-state index contributed by atoms with van der Waals surface area (Å²) >= 11 is 5.78. The molecule has 8 heteroatoms. The first-order valence-electron chi connectivity index (χ1n) is 7.49. The standard InChI is InChI=1S/C17H18ClFN2O3S/c1-25(23,24)21(11-10-13-2-6-15(19)7-3-13)12-17(22)20-16-8-4-14(18)5-9-16/h2-9H,10-12H2,1H3,(H,20,22). The van der Waals surface area contributed by atoms with Crippen LogP contribution in [0.3, 0.4) is 0 Å². The second-order valence-corrected chi connectivity index (χ2v) is 7.95. The molecular weight excluding hydrogens is 367 g/mol. The number of carbonyl (C=O) groups is 1. The SMILES string of the molecule is CS(=O)(=O)N(CCc1ccc(F)cc1)CC(=O)Nc1ccc(Cl)cc1. The Morgan fingerprint density at radius 3 is 2.28 bits per heavy atom. The molecule has 2 rings (SSSR count). The Bertz CT molecular complexity index is 824. The van der Waals surface area contributed by atoms with E-state index in [2.05, 4.69) is 5.32 Å². The van der Waals surface area contributed by atoms with Gasteiger partial charge in [0.25, 0.3) is 0 Å². The van der Waals surface area contributed by atoms with Crippen LogP contribution in [0.15, 0.2) is 48.5 Å². The van der Waals surface area contributed by atoms with E-state index in [0.717, 1.165) is 16.1 Å². The third kappa shape index (κ3) is 6.45. The smallest absolute Gasteiger partial charge is 0.239 e. The van der Waals surface area contributed by atoms with Gasteiger partial charge in [-0.1, -0.05) is 23.7 Å². The number of rotatable bonds is 7. The highest BCUT2D eigenvalue weighted by Crippen LogP contribution is 2.13. The quantitative estimate of drug-likeness (QED) is 0.798. The first kappa shape index (κ1) is 19.4. The fourth-order valence-corrected chi connectivity index (χ4v) is 3.06. The van der Waals surface area contributed by atoms with Crippen LogP contribution in [0, 0.1) is 5.82 Å². The summed E-state index contributed by atoms with van der Waals surface area (Å²) in [6.07, 6.45) is 1.43. The number of hydrogen-bond acceptors (Lipinski definition) is 3. The van der Waals surface area contributed by atoms with Crippen LogP contribution in [0.1, 0.15) is 5.56 Å². The maximum atomic E-state index is 12.9. The predicted octanol–water partition coefficient (Wildman–Crippen LogP) is 2.92. The molecule has 0 aromatic heterocycles. The lowest BCUT2D eigenvalue weighted by atomic mass is 10.1. The van der Waals surface area contributed by atoms with Gasteiger partial charge in [0, 0.05) is 17.3 Å². The molecule has 0 unspecified atom stereocenters. The molecule has 1 N–H and O–H groups in total. The molecule has 0 saturated carbocycles. The van der Waals surface area contributed by atoms with E-state index in [0.29, 0.717) is 17.1 Å². The number of nitrogens with zero attached hydrogens (tertiary/aromatic N) is 1. The normalized spacial score (nSPS) is 11.5. The molecule has 0 spiro atoms. The third-order valence-electron chi connectivity index (χ3n) is 3.48. The zero-order chi connectivity index (χ0) is 18.4. The summed E-state index contributed by atoms with van der Waals surface area (Å²) < 4.78 is 37.8. The summed E-state index contributed by atoms with van der Waals surface area (Å²) in [5.74, 6) is -0.807. The maximum Gasteiger partial charge on any atom is 0.239 e. The van der Waals surface area contributed by atoms with Crippen LogP contribution in [0.5, 0.6) is 0 Å². The van der Waals surface area contributed by atoms with Crippen LogP contribution in [-0.4, -0.2) is 38.0 Å². The number of anilines is 1. The first-order chi connectivity index (χ1) is 11.7. The fraction of sp³-hybridized carbons (Fsp3) is 0.235. The average molecular weight is 385 g/mol. The fourth-order valence-electron chi connectivity index (χ4n) is 2.16. The predicted molar refractivity (Wildman–Crippen MR) is 96.6 cm³/mol. The number of halogens is 2. The van der Waals surface area contributed by atoms with Crippen molar-refractivity contribution < 1.29 is 17.6 Å². The van der Waals surface area contributed by atoms with Gasteiger partial charge in [-0.3, -0.25) is 4.79 Å². The van der Waals surface area contributed by atoms with Gasteiger partial charge in [0.15, 0.2) is 0 Å². The van der Waals surface area contributed by atoms with Crippen molar-refractivity contribution in [2.45, 2.75) is 6.42 Å². The molecule has 5 nitrogen and oxygen atoms in total. The highest BCUT2D eigenvalue weighted by Gasteiger charge is 2.20. The molecule has 0 atom stereocenters. The van der Waals surface area contributed by atoms with Gasteiger partial charge in [0.2, 0.25) is 15.9 Å². The number of benzene rings is 2. The molecule has 134 valence electrons. The summed E-state index contributed by atoms with van der Waals surface area (Å²) in [6.45, 7) is -0.179. The highest BCUT2D eigenvalue weighted by atomic mass is 35.5. The van der Waals surface area contributed by atoms with Gasteiger partial charge in [-0.2, -0.15) is 4.31 Å². The average Bonchev–Trinajstić information content (AvgIpc) is 2.54. The van der Waals surface area contributed by atoms with E-state index in [9.17, 15) is 17.6 Å². The van der Waals surface area contributed by atoms with E-state index in [-0.39, 0.29) is 18.9 Å². The van der Waals surface area contributed by atoms with Crippen molar-refractivity contribution in [3.63, 3.8) is 0 Å². The van der Waals surface area contributed by atoms with Crippen molar-refractivity contribution in [1.29, 1.82) is 0 Å². The molecule has 0 aliphatic heterocycles. The first-order valence-corrected chi connectivity index (χ1v) is 9.71. The molecular formula is C17H18ClFN2O3S. The van der Waals surface area contributed by atoms with Crippen LogP contribution in [0.25, 0.3) is 0 Å². The Hall–Kier alpha value is -1.96. The Kier molecular flexibility index (Phi) is 6.52.